The first-order valence-electron chi connectivity index (χ1n) is 11.1. The number of benzene rings is 2. The second kappa shape index (κ2) is 10.3. The summed E-state index contributed by atoms with van der Waals surface area (Å²) in [5, 5.41) is 0. The van der Waals surface area contributed by atoms with Crippen LogP contribution in [0.3, 0.4) is 0 Å². The van der Waals surface area contributed by atoms with Crippen LogP contribution in [0.1, 0.15) is 39.0 Å². The molecule has 4 rings (SSSR count). The average Bonchev–Trinajstić information content (AvgIpc) is 3.14. The van der Waals surface area contributed by atoms with Crippen LogP contribution in [0.4, 0.5) is 0 Å². The van der Waals surface area contributed by atoms with Gasteiger partial charge in [0.15, 0.2) is 24.2 Å². The van der Waals surface area contributed by atoms with E-state index in [0.29, 0.717) is 35.1 Å². The molecular formula is C26H27NO6S. The number of fused-ring (bicyclic) bond motifs is 1. The van der Waals surface area contributed by atoms with Crippen LogP contribution in [0.5, 0.6) is 11.5 Å². The monoisotopic (exact) mass is 481 g/mol. The zero-order valence-electron chi connectivity index (χ0n) is 19.4. The van der Waals surface area contributed by atoms with Gasteiger partial charge in [-0.15, -0.1) is 0 Å². The molecule has 3 aromatic rings. The summed E-state index contributed by atoms with van der Waals surface area (Å²) < 4.78 is 31.4. The fourth-order valence-corrected chi connectivity index (χ4v) is 4.93. The third kappa shape index (κ3) is 4.92. The third-order valence-corrected chi connectivity index (χ3v) is 7.15. The molecule has 178 valence electrons. The van der Waals surface area contributed by atoms with E-state index in [1.54, 1.807) is 37.3 Å². The lowest BCUT2D eigenvalue weighted by Crippen LogP contribution is -2.33. The Morgan fingerprint density at radius 3 is 2.53 bits per heavy atom. The molecule has 2 aromatic carbocycles. The Balaban J connectivity index is 1.43. The van der Waals surface area contributed by atoms with E-state index in [0.717, 1.165) is 17.1 Å². The normalized spacial score (nSPS) is 15.6. The van der Waals surface area contributed by atoms with E-state index in [1.807, 2.05) is 42.7 Å². The van der Waals surface area contributed by atoms with E-state index < -0.39 is 23.4 Å². The van der Waals surface area contributed by atoms with E-state index in [2.05, 4.69) is 0 Å². The maximum Gasteiger partial charge on any atom is 0.339 e. The first-order chi connectivity index (χ1) is 16.4. The summed E-state index contributed by atoms with van der Waals surface area (Å²) >= 11 is 0. The fourth-order valence-electron chi connectivity index (χ4n) is 4.00. The number of aromatic nitrogens is 1. The van der Waals surface area contributed by atoms with Crippen molar-refractivity contribution in [3.8, 4) is 11.5 Å². The van der Waals surface area contributed by atoms with Crippen molar-refractivity contribution in [1.82, 2.24) is 4.57 Å². The molecule has 0 aliphatic carbocycles. The van der Waals surface area contributed by atoms with Crippen LogP contribution in [0.2, 0.25) is 0 Å². The molecule has 34 heavy (non-hydrogen) atoms. The van der Waals surface area contributed by atoms with Crippen molar-refractivity contribution in [1.29, 1.82) is 0 Å². The molecule has 0 fully saturated rings. The minimum Gasteiger partial charge on any atom is -0.486 e. The Hall–Kier alpha value is -3.39. The number of rotatable bonds is 8. The highest BCUT2D eigenvalue weighted by Gasteiger charge is 2.25. The van der Waals surface area contributed by atoms with Gasteiger partial charge < -0.3 is 18.8 Å². The molecular weight excluding hydrogens is 454 g/mol. The molecule has 0 radical (unpaired) electrons. The highest BCUT2D eigenvalue weighted by Crippen LogP contribution is 2.31. The van der Waals surface area contributed by atoms with Gasteiger partial charge in [-0.05, 0) is 44.2 Å². The Morgan fingerprint density at radius 2 is 1.76 bits per heavy atom. The summed E-state index contributed by atoms with van der Waals surface area (Å²) in [4.78, 5) is 25.9. The van der Waals surface area contributed by atoms with Gasteiger partial charge in [-0.25, -0.2) is 4.79 Å². The van der Waals surface area contributed by atoms with E-state index in [9.17, 15) is 13.8 Å². The lowest BCUT2D eigenvalue weighted by atomic mass is 10.1. The highest BCUT2D eigenvalue weighted by molar-refractivity contribution is 7.85. The minimum atomic E-state index is -1.31. The lowest BCUT2D eigenvalue weighted by Gasteiger charge is -2.27. The zero-order valence-corrected chi connectivity index (χ0v) is 20.2. The van der Waals surface area contributed by atoms with Crippen molar-refractivity contribution >= 4 is 22.6 Å². The second-order valence-corrected chi connectivity index (χ2v) is 9.73. The maximum absolute atomic E-state index is 12.9. The van der Waals surface area contributed by atoms with Gasteiger partial charge >= 0.3 is 5.97 Å². The van der Waals surface area contributed by atoms with Gasteiger partial charge in [0.1, 0.15) is 6.61 Å². The van der Waals surface area contributed by atoms with Crippen LogP contribution >= 0.6 is 0 Å². The summed E-state index contributed by atoms with van der Waals surface area (Å²) in [6.07, 6.45) is -0.198. The molecule has 7 nitrogen and oxygen atoms in total. The summed E-state index contributed by atoms with van der Waals surface area (Å²) in [6.45, 7) is 6.10. The maximum atomic E-state index is 12.9. The van der Waals surface area contributed by atoms with Crippen molar-refractivity contribution in [2.45, 2.75) is 38.3 Å². The predicted octanol–water partition coefficient (Wildman–Crippen LogP) is 4.11. The zero-order chi connectivity index (χ0) is 24.2. The smallest absolute Gasteiger partial charge is 0.339 e. The summed E-state index contributed by atoms with van der Waals surface area (Å²) in [5.74, 6) is 0.852. The summed E-state index contributed by atoms with van der Waals surface area (Å²) in [6, 6.07) is 15.9. The minimum absolute atomic E-state index is 0.198. The van der Waals surface area contributed by atoms with Gasteiger partial charge in [-0.3, -0.25) is 9.00 Å². The molecule has 2 heterocycles. The first kappa shape index (κ1) is 23.8. The molecule has 1 aromatic heterocycles. The molecule has 2 atom stereocenters. The number of carbonyl (C=O) groups excluding carboxylic acids is 2. The molecule has 0 unspecified atom stereocenters. The Labute approximate surface area is 201 Å². The Morgan fingerprint density at radius 1 is 1.06 bits per heavy atom. The molecule has 0 bridgehead atoms. The third-order valence-electron chi connectivity index (χ3n) is 5.78. The molecule has 0 saturated heterocycles. The summed E-state index contributed by atoms with van der Waals surface area (Å²) in [7, 11) is -1.31. The quantitative estimate of drug-likeness (QED) is 0.356. The number of para-hydroxylation sites is 2. The Bertz CT molecular complexity index is 1250. The molecule has 8 heteroatoms. The van der Waals surface area contributed by atoms with Crippen molar-refractivity contribution in [2.75, 3.05) is 19.0 Å². The van der Waals surface area contributed by atoms with Gasteiger partial charge in [0, 0.05) is 22.7 Å². The van der Waals surface area contributed by atoms with Crippen LogP contribution in [0.25, 0.3) is 0 Å². The topological polar surface area (TPSA) is 83.8 Å². The lowest BCUT2D eigenvalue weighted by molar-refractivity contribution is 0.0471. The highest BCUT2D eigenvalue weighted by atomic mass is 32.2. The largest absolute Gasteiger partial charge is 0.486 e. The van der Waals surface area contributed by atoms with E-state index in [-0.39, 0.29) is 17.5 Å². The molecule has 0 spiro atoms. The SMILES string of the molecule is CC[S@@](=O)c1ccccc1C(=O)OCC(=O)c1cc(C)n(C[C@H]2COc3ccccc3O2)c1C. The molecule has 1 aliphatic rings. The standard InChI is InChI=1S/C26H27NO6S/c1-4-34(30)25-12-8-5-9-20(25)26(29)32-16-22(28)21-13-17(2)27(18(21)3)14-19-15-31-23-10-6-7-11-24(23)33-19/h5-13,19H,4,14-16H2,1-3H3/t19-,34+/m0/s1. The van der Waals surface area contributed by atoms with Crippen LogP contribution < -0.4 is 9.47 Å². The molecule has 0 N–H and O–H groups in total. The van der Waals surface area contributed by atoms with Gasteiger partial charge in [-0.2, -0.15) is 0 Å². The number of ketones is 1. The number of Topliss-reactive ketones (excluding diaryl/α,β-unsaturated/α-hetero) is 1. The molecule has 1 aliphatic heterocycles. The second-order valence-electron chi connectivity index (χ2n) is 8.02. The number of hydrogen-bond acceptors (Lipinski definition) is 6. The van der Waals surface area contributed by atoms with Crippen LogP contribution in [-0.2, 0) is 22.1 Å². The number of esters is 1. The number of ether oxygens (including phenoxy) is 3. The van der Waals surface area contributed by atoms with Crippen molar-refractivity contribution < 1.29 is 28.0 Å². The van der Waals surface area contributed by atoms with Gasteiger partial charge in [-0.1, -0.05) is 31.2 Å². The molecule has 0 amide bonds. The number of nitrogens with zero attached hydrogens (tertiary/aromatic N) is 1. The molecule has 0 saturated carbocycles. The van der Waals surface area contributed by atoms with Crippen molar-refractivity contribution in [3.05, 3.63) is 77.1 Å². The van der Waals surface area contributed by atoms with Crippen LogP contribution in [0, 0.1) is 13.8 Å². The Kier molecular flexibility index (Phi) is 7.17. The van der Waals surface area contributed by atoms with Gasteiger partial charge in [0.25, 0.3) is 0 Å². The summed E-state index contributed by atoms with van der Waals surface area (Å²) in [5.41, 5.74) is 2.38. The van der Waals surface area contributed by atoms with Crippen LogP contribution in [-0.4, -0.2) is 45.6 Å². The van der Waals surface area contributed by atoms with E-state index >= 15 is 0 Å². The number of aryl methyl sites for hydroxylation is 1. The first-order valence-corrected chi connectivity index (χ1v) is 12.4. The van der Waals surface area contributed by atoms with Gasteiger partial charge in [0.2, 0.25) is 5.78 Å². The van der Waals surface area contributed by atoms with E-state index in [1.165, 1.54) is 0 Å². The van der Waals surface area contributed by atoms with Gasteiger partial charge in [0.05, 0.1) is 27.8 Å². The van der Waals surface area contributed by atoms with Crippen LogP contribution in [0.15, 0.2) is 59.5 Å². The van der Waals surface area contributed by atoms with Crippen molar-refractivity contribution in [2.24, 2.45) is 0 Å². The number of hydrogen-bond donors (Lipinski definition) is 0. The van der Waals surface area contributed by atoms with Crippen molar-refractivity contribution in [3.63, 3.8) is 0 Å². The predicted molar refractivity (Wildman–Crippen MR) is 128 cm³/mol. The van der Waals surface area contributed by atoms with E-state index in [4.69, 9.17) is 14.2 Å². The number of carbonyl (C=O) groups is 2. The fraction of sp³-hybridized carbons (Fsp3) is 0.308. The average molecular weight is 482 g/mol.